The van der Waals surface area contributed by atoms with Crippen molar-refractivity contribution >= 4 is 11.6 Å². The van der Waals surface area contributed by atoms with Crippen LogP contribution in [0.15, 0.2) is 47.0 Å². The highest BCUT2D eigenvalue weighted by Gasteiger charge is 2.63. The summed E-state index contributed by atoms with van der Waals surface area (Å²) in [4.78, 5) is 20.0. The number of anilines is 1. The van der Waals surface area contributed by atoms with Crippen LogP contribution in [0, 0.1) is 17.2 Å². The zero-order chi connectivity index (χ0) is 33.4. The van der Waals surface area contributed by atoms with Gasteiger partial charge in [0.1, 0.15) is 11.6 Å². The monoisotopic (exact) mass is 659 g/mol. The molecule has 7 nitrogen and oxygen atoms in total. The molecular weight excluding hydrogens is 621 g/mol. The molecule has 5 fully saturated rings. The van der Waals surface area contributed by atoms with Crippen LogP contribution in [0.5, 0.6) is 5.75 Å². The van der Waals surface area contributed by atoms with E-state index in [1.54, 1.807) is 30.3 Å². The number of hydrogen-bond acceptors (Lipinski definition) is 6. The fourth-order valence-electron chi connectivity index (χ4n) is 7.68. The Morgan fingerprint density at radius 1 is 1.02 bits per heavy atom. The molecule has 2 bridgehead atoms. The number of benzene rings is 2. The van der Waals surface area contributed by atoms with Gasteiger partial charge >= 0.3 is 6.18 Å². The summed E-state index contributed by atoms with van der Waals surface area (Å²) in [5.74, 6) is -0.875. The summed E-state index contributed by atoms with van der Waals surface area (Å²) in [7, 11) is 0. The van der Waals surface area contributed by atoms with Crippen molar-refractivity contribution < 1.29 is 41.1 Å². The molecule has 47 heavy (non-hydrogen) atoms. The summed E-state index contributed by atoms with van der Waals surface area (Å²) in [6, 6.07) is 11.2. The number of nitrogens with zero attached hydrogens (tertiary/aromatic N) is 3. The zero-order valence-corrected chi connectivity index (χ0v) is 26.4. The number of amides is 1. The van der Waals surface area contributed by atoms with Crippen molar-refractivity contribution in [3.8, 4) is 16.9 Å². The molecule has 0 radical (unpaired) electrons. The van der Waals surface area contributed by atoms with Crippen molar-refractivity contribution in [1.29, 1.82) is 0 Å². The predicted molar refractivity (Wildman–Crippen MR) is 162 cm³/mol. The quantitative estimate of drug-likeness (QED) is 0.235. The van der Waals surface area contributed by atoms with E-state index in [4.69, 9.17) is 9.26 Å². The summed E-state index contributed by atoms with van der Waals surface area (Å²) in [5.41, 5.74) is -3.92. The van der Waals surface area contributed by atoms with Crippen LogP contribution in [-0.2, 0) is 15.9 Å². The maximum absolute atomic E-state index is 15.3. The first kappa shape index (κ1) is 32.0. The van der Waals surface area contributed by atoms with Crippen LogP contribution >= 0.6 is 0 Å². The molecule has 2 aromatic carbocycles. The summed E-state index contributed by atoms with van der Waals surface area (Å²) >= 11 is 0. The molecule has 0 spiro atoms. The summed E-state index contributed by atoms with van der Waals surface area (Å²) in [5, 5.41) is 14.3. The number of fused-ring (bicyclic) bond motifs is 3. The van der Waals surface area contributed by atoms with Gasteiger partial charge in [-0.2, -0.15) is 18.2 Å². The molecule has 1 amide bonds. The van der Waals surface area contributed by atoms with E-state index >= 15 is 4.39 Å². The Morgan fingerprint density at radius 2 is 1.66 bits per heavy atom. The van der Waals surface area contributed by atoms with Gasteiger partial charge in [-0.05, 0) is 119 Å². The minimum atomic E-state index is -4.84. The second kappa shape index (κ2) is 11.0. The maximum Gasteiger partial charge on any atom is 0.417 e. The first-order chi connectivity index (χ1) is 22.1. The first-order valence-electron chi connectivity index (χ1n) is 16.3. The largest absolute Gasteiger partial charge is 0.491 e. The van der Waals surface area contributed by atoms with Gasteiger partial charge in [-0.3, -0.25) is 4.79 Å². The number of rotatable bonds is 9. The van der Waals surface area contributed by atoms with Gasteiger partial charge in [0.25, 0.3) is 5.89 Å². The van der Waals surface area contributed by atoms with Crippen LogP contribution < -0.4 is 9.64 Å². The van der Waals surface area contributed by atoms with Crippen molar-refractivity contribution in [3.05, 3.63) is 60.0 Å². The Bertz CT molecular complexity index is 1640. The van der Waals surface area contributed by atoms with Gasteiger partial charge in [-0.1, -0.05) is 17.3 Å². The molecule has 0 atom stereocenters. The van der Waals surface area contributed by atoms with E-state index in [1.165, 1.54) is 17.0 Å². The van der Waals surface area contributed by atoms with Gasteiger partial charge in [0.2, 0.25) is 5.91 Å². The molecule has 12 heteroatoms. The second-order valence-corrected chi connectivity index (χ2v) is 14.6. The molecule has 0 saturated heterocycles. The molecule has 8 rings (SSSR count). The number of aliphatic hydroxyl groups is 1. The van der Waals surface area contributed by atoms with Gasteiger partial charge in [-0.25, -0.2) is 8.78 Å². The van der Waals surface area contributed by atoms with Gasteiger partial charge in [0.05, 0.1) is 6.10 Å². The van der Waals surface area contributed by atoms with Gasteiger partial charge in [0, 0.05) is 29.1 Å². The lowest BCUT2D eigenvalue weighted by atomic mass is 9.53. The standard InChI is InChI=1S/C35H38F5N3O4/c1-21(2)46-25-6-3-22(4-7-25)26-17-24(5-8-27(26)36)43(28(44)23-18-34(45,19-23)35(38,39)40)20-31-9-12-32(13-10-31,14-11-31)29-41-30(47-42-29)33(37)15-16-33/h3-8,17,21,23,45H,9-16,18-20H2,1-2H3. The normalized spacial score (nSPS) is 29.4. The molecule has 1 N–H and O–H groups in total. The lowest BCUT2D eigenvalue weighted by Crippen LogP contribution is -2.60. The summed E-state index contributed by atoms with van der Waals surface area (Å²) < 4.78 is 81.4. The average molecular weight is 660 g/mol. The van der Waals surface area contributed by atoms with E-state index in [0.717, 1.165) is 0 Å². The number of carbonyl (C=O) groups is 1. The fourth-order valence-corrected chi connectivity index (χ4v) is 7.68. The van der Waals surface area contributed by atoms with Crippen LogP contribution in [0.4, 0.5) is 27.6 Å². The third-order valence-electron chi connectivity index (χ3n) is 11.0. The SMILES string of the molecule is CC(C)Oc1ccc(-c2cc(N(CC34CCC(c5noc(C6(F)CC6)n5)(CC3)CC4)C(=O)C3CC(O)(C(F)(F)F)C3)ccc2F)cc1. The molecule has 5 aliphatic rings. The number of hydrogen-bond donors (Lipinski definition) is 1. The minimum Gasteiger partial charge on any atom is -0.491 e. The maximum atomic E-state index is 15.3. The van der Waals surface area contributed by atoms with Gasteiger partial charge < -0.3 is 19.3 Å². The van der Waals surface area contributed by atoms with Crippen LogP contribution in [-0.4, -0.2) is 45.6 Å². The van der Waals surface area contributed by atoms with Gasteiger partial charge in [-0.15, -0.1) is 0 Å². The van der Waals surface area contributed by atoms with Crippen LogP contribution in [0.2, 0.25) is 0 Å². The fraction of sp³-hybridized carbons (Fsp3) is 0.571. The van der Waals surface area contributed by atoms with Crippen molar-refractivity contribution in [2.24, 2.45) is 11.3 Å². The highest BCUT2D eigenvalue weighted by atomic mass is 19.4. The molecule has 5 saturated carbocycles. The summed E-state index contributed by atoms with van der Waals surface area (Å²) in [6.07, 6.45) is -1.38. The van der Waals surface area contributed by atoms with Crippen molar-refractivity contribution in [3.63, 3.8) is 0 Å². The highest BCUT2D eigenvalue weighted by Crippen LogP contribution is 2.59. The van der Waals surface area contributed by atoms with E-state index in [2.05, 4.69) is 10.1 Å². The lowest BCUT2D eigenvalue weighted by Gasteiger charge is -2.54. The highest BCUT2D eigenvalue weighted by molar-refractivity contribution is 5.96. The number of ether oxygens (including phenoxy) is 1. The zero-order valence-electron chi connectivity index (χ0n) is 26.4. The predicted octanol–water partition coefficient (Wildman–Crippen LogP) is 7.95. The number of carbonyl (C=O) groups excluding carboxylic acids is 1. The Balaban J connectivity index is 1.15. The summed E-state index contributed by atoms with van der Waals surface area (Å²) in [6.45, 7) is 4.03. The van der Waals surface area contributed by atoms with Crippen molar-refractivity contribution in [2.75, 3.05) is 11.4 Å². The molecule has 0 aliphatic heterocycles. The Hall–Kier alpha value is -3.54. The van der Waals surface area contributed by atoms with Gasteiger partial charge in [0.15, 0.2) is 17.1 Å². The van der Waals surface area contributed by atoms with E-state index in [-0.39, 0.29) is 34.9 Å². The number of aromatic nitrogens is 2. The number of alkyl halides is 4. The Kier molecular flexibility index (Phi) is 7.50. The molecule has 1 heterocycles. The van der Waals surface area contributed by atoms with E-state index in [9.17, 15) is 27.5 Å². The third kappa shape index (κ3) is 5.70. The Labute approximate surface area is 269 Å². The second-order valence-electron chi connectivity index (χ2n) is 14.6. The first-order valence-corrected chi connectivity index (χ1v) is 16.3. The van der Waals surface area contributed by atoms with Crippen molar-refractivity contribution in [1.82, 2.24) is 10.1 Å². The van der Waals surface area contributed by atoms with Crippen LogP contribution in [0.3, 0.4) is 0 Å². The van der Waals surface area contributed by atoms with E-state index in [1.807, 2.05) is 13.8 Å². The van der Waals surface area contributed by atoms with Crippen molar-refractivity contribution in [2.45, 2.75) is 107 Å². The molecular formula is C35H38F5N3O4. The topological polar surface area (TPSA) is 88.7 Å². The van der Waals surface area contributed by atoms with E-state index < -0.39 is 47.9 Å². The smallest absolute Gasteiger partial charge is 0.417 e. The van der Waals surface area contributed by atoms with Crippen LogP contribution in [0.1, 0.15) is 89.8 Å². The Morgan fingerprint density at radius 3 is 2.23 bits per heavy atom. The molecule has 0 unspecified atom stereocenters. The lowest BCUT2D eigenvalue weighted by molar-refractivity contribution is -0.295. The van der Waals surface area contributed by atoms with Crippen LogP contribution in [0.25, 0.3) is 11.1 Å². The molecule has 3 aromatic rings. The number of halogens is 5. The molecule has 252 valence electrons. The third-order valence-corrected chi connectivity index (χ3v) is 11.0. The van der Waals surface area contributed by atoms with E-state index in [0.29, 0.717) is 74.2 Å². The molecule has 1 aromatic heterocycles. The minimum absolute atomic E-state index is 0.0366. The average Bonchev–Trinajstić information content (AvgIpc) is 3.55. The molecule has 5 aliphatic carbocycles.